The molecule has 0 aromatic heterocycles. The van der Waals surface area contributed by atoms with Crippen molar-refractivity contribution in [2.75, 3.05) is 24.6 Å². The van der Waals surface area contributed by atoms with Gasteiger partial charge >= 0.3 is 0 Å². The molecule has 0 saturated carbocycles. The van der Waals surface area contributed by atoms with Gasteiger partial charge in [0.1, 0.15) is 23.2 Å². The molecule has 0 atom stereocenters. The number of nitrogens with one attached hydrogen (secondary N) is 1. The maximum Gasteiger partial charge on any atom is 0.150 e. The fourth-order valence-electron chi connectivity index (χ4n) is 2.23. The van der Waals surface area contributed by atoms with Gasteiger partial charge in [-0.1, -0.05) is 0 Å². The minimum atomic E-state index is -0.706. The third kappa shape index (κ3) is 2.84. The predicted molar refractivity (Wildman–Crippen MR) is 69.6 cm³/mol. The molecule has 1 aliphatic heterocycles. The fourth-order valence-corrected chi connectivity index (χ4v) is 2.23. The Bertz CT molecular complexity index is 494. The van der Waals surface area contributed by atoms with Crippen molar-refractivity contribution in [3.63, 3.8) is 0 Å². The number of rotatable bonds is 2. The normalized spacial score (nSPS) is 18.4. The van der Waals surface area contributed by atoms with Gasteiger partial charge in [-0.05, 0) is 26.0 Å². The number of anilines is 1. The first-order valence-electron chi connectivity index (χ1n) is 6.02. The van der Waals surface area contributed by atoms with Gasteiger partial charge in [0.25, 0.3) is 0 Å². The number of amidine groups is 1. The Hall–Kier alpha value is -1.69. The molecule has 1 aliphatic rings. The number of ether oxygens (including phenoxy) is 1. The zero-order valence-corrected chi connectivity index (χ0v) is 11.0. The van der Waals surface area contributed by atoms with Crippen LogP contribution >= 0.6 is 0 Å². The molecular formula is C13H17F2N3O. The molecule has 104 valence electrons. The van der Waals surface area contributed by atoms with Crippen molar-refractivity contribution in [1.29, 1.82) is 5.41 Å². The highest BCUT2D eigenvalue weighted by molar-refractivity contribution is 5.95. The summed E-state index contributed by atoms with van der Waals surface area (Å²) in [6.07, 6.45) is 0. The van der Waals surface area contributed by atoms with E-state index in [0.29, 0.717) is 19.7 Å². The number of benzene rings is 1. The smallest absolute Gasteiger partial charge is 0.150 e. The highest BCUT2D eigenvalue weighted by atomic mass is 19.1. The summed E-state index contributed by atoms with van der Waals surface area (Å²) in [5.41, 5.74) is 4.76. The van der Waals surface area contributed by atoms with Gasteiger partial charge in [-0.2, -0.15) is 0 Å². The molecule has 0 unspecified atom stereocenters. The average molecular weight is 269 g/mol. The molecule has 2 rings (SSSR count). The van der Waals surface area contributed by atoms with E-state index in [1.807, 2.05) is 13.8 Å². The molecule has 1 fully saturated rings. The van der Waals surface area contributed by atoms with Gasteiger partial charge in [-0.15, -0.1) is 0 Å². The van der Waals surface area contributed by atoms with Crippen LogP contribution < -0.4 is 10.6 Å². The highest BCUT2D eigenvalue weighted by Crippen LogP contribution is 2.29. The summed E-state index contributed by atoms with van der Waals surface area (Å²) in [4.78, 5) is 1.62. The van der Waals surface area contributed by atoms with E-state index in [4.69, 9.17) is 15.9 Å². The molecule has 19 heavy (non-hydrogen) atoms. The third-order valence-corrected chi connectivity index (χ3v) is 3.07. The van der Waals surface area contributed by atoms with Crippen LogP contribution in [0.4, 0.5) is 14.5 Å². The zero-order chi connectivity index (χ0) is 14.2. The lowest BCUT2D eigenvalue weighted by Gasteiger charge is -2.39. The maximum atomic E-state index is 14.0. The van der Waals surface area contributed by atoms with Crippen LogP contribution in [0, 0.1) is 17.0 Å². The lowest BCUT2D eigenvalue weighted by Crippen LogP contribution is -2.49. The third-order valence-electron chi connectivity index (χ3n) is 3.07. The van der Waals surface area contributed by atoms with Gasteiger partial charge in [0.2, 0.25) is 0 Å². The van der Waals surface area contributed by atoms with Crippen molar-refractivity contribution < 1.29 is 13.5 Å². The Balaban J connectivity index is 2.37. The zero-order valence-electron chi connectivity index (χ0n) is 11.0. The van der Waals surface area contributed by atoms with Crippen LogP contribution in [0.1, 0.15) is 19.4 Å². The maximum absolute atomic E-state index is 14.0. The minimum Gasteiger partial charge on any atom is -0.384 e. The van der Waals surface area contributed by atoms with Gasteiger partial charge in [-0.3, -0.25) is 5.41 Å². The molecule has 3 N–H and O–H groups in total. The number of nitrogens with two attached hydrogens (primary N) is 1. The Morgan fingerprint density at radius 3 is 2.42 bits per heavy atom. The molecule has 1 heterocycles. The van der Waals surface area contributed by atoms with E-state index in [0.717, 1.165) is 12.1 Å². The average Bonchev–Trinajstić information content (AvgIpc) is 2.26. The van der Waals surface area contributed by atoms with E-state index in [9.17, 15) is 8.78 Å². The van der Waals surface area contributed by atoms with Crippen molar-refractivity contribution in [2.45, 2.75) is 19.4 Å². The summed E-state index contributed by atoms with van der Waals surface area (Å²) in [6.45, 7) is 5.00. The first kappa shape index (κ1) is 13.7. The first-order valence-corrected chi connectivity index (χ1v) is 6.02. The van der Waals surface area contributed by atoms with Gasteiger partial charge in [0.15, 0.2) is 0 Å². The molecule has 0 amide bonds. The second kappa shape index (κ2) is 4.77. The van der Waals surface area contributed by atoms with Crippen LogP contribution in [0.5, 0.6) is 0 Å². The van der Waals surface area contributed by atoms with Crippen LogP contribution in [0.15, 0.2) is 12.1 Å². The largest absolute Gasteiger partial charge is 0.384 e. The minimum absolute atomic E-state index is 0.0475. The van der Waals surface area contributed by atoms with E-state index in [2.05, 4.69) is 0 Å². The standard InChI is InChI=1S/C13H17F2N3O/c1-13(2)7-18(3-4-19-13)11-9(14)5-8(12(16)17)6-10(11)15/h5-6H,3-4,7H2,1-2H3,(H3,16,17). The molecule has 0 aliphatic carbocycles. The number of hydrogen-bond donors (Lipinski definition) is 2. The van der Waals surface area contributed by atoms with E-state index in [1.54, 1.807) is 4.90 Å². The fraction of sp³-hybridized carbons (Fsp3) is 0.462. The van der Waals surface area contributed by atoms with Gasteiger partial charge < -0.3 is 15.4 Å². The molecule has 6 heteroatoms. The summed E-state index contributed by atoms with van der Waals surface area (Å²) in [5.74, 6) is -1.77. The topological polar surface area (TPSA) is 62.3 Å². The SMILES string of the molecule is CC1(C)CN(c2c(F)cc(C(=N)N)cc2F)CCO1. The molecule has 0 radical (unpaired) electrons. The second-order valence-corrected chi connectivity index (χ2v) is 5.23. The number of halogens is 2. The Morgan fingerprint density at radius 1 is 1.37 bits per heavy atom. The lowest BCUT2D eigenvalue weighted by molar-refractivity contribution is -0.0280. The van der Waals surface area contributed by atoms with E-state index < -0.39 is 17.2 Å². The number of morpholine rings is 1. The summed E-state index contributed by atoms with van der Waals surface area (Å²) >= 11 is 0. The van der Waals surface area contributed by atoms with Gasteiger partial charge in [0.05, 0.1) is 12.2 Å². The molecule has 0 spiro atoms. The van der Waals surface area contributed by atoms with Crippen molar-refractivity contribution >= 4 is 11.5 Å². The van der Waals surface area contributed by atoms with Crippen LogP contribution in [0.25, 0.3) is 0 Å². The summed E-state index contributed by atoms with van der Waals surface area (Å²) in [6, 6.07) is 2.17. The van der Waals surface area contributed by atoms with Crippen LogP contribution in [0.2, 0.25) is 0 Å². The molecule has 1 aromatic rings. The van der Waals surface area contributed by atoms with E-state index in [-0.39, 0.29) is 17.1 Å². The molecule has 4 nitrogen and oxygen atoms in total. The second-order valence-electron chi connectivity index (χ2n) is 5.23. The van der Waals surface area contributed by atoms with Crippen LogP contribution in [-0.4, -0.2) is 31.1 Å². The number of hydrogen-bond acceptors (Lipinski definition) is 3. The Kier molecular flexibility index (Phi) is 3.45. The highest BCUT2D eigenvalue weighted by Gasteiger charge is 2.30. The van der Waals surface area contributed by atoms with Crippen LogP contribution in [-0.2, 0) is 4.74 Å². The molecule has 1 aromatic carbocycles. The van der Waals surface area contributed by atoms with Gasteiger partial charge in [-0.25, -0.2) is 8.78 Å². The van der Waals surface area contributed by atoms with Crippen LogP contribution in [0.3, 0.4) is 0 Å². The van der Waals surface area contributed by atoms with Crippen molar-refractivity contribution in [2.24, 2.45) is 5.73 Å². The Labute approximate surface area is 110 Å². The predicted octanol–water partition coefficient (Wildman–Crippen LogP) is 1.86. The first-order chi connectivity index (χ1) is 8.80. The lowest BCUT2D eigenvalue weighted by atomic mass is 10.1. The number of nitrogen functional groups attached to an aromatic ring is 1. The molecule has 1 saturated heterocycles. The number of nitrogens with zero attached hydrogens (tertiary/aromatic N) is 1. The quantitative estimate of drug-likeness (QED) is 0.636. The van der Waals surface area contributed by atoms with Gasteiger partial charge in [0, 0.05) is 18.7 Å². The monoisotopic (exact) mass is 269 g/mol. The van der Waals surface area contributed by atoms with E-state index >= 15 is 0 Å². The Morgan fingerprint density at radius 2 is 1.95 bits per heavy atom. The molecule has 0 bridgehead atoms. The summed E-state index contributed by atoms with van der Waals surface area (Å²) in [7, 11) is 0. The summed E-state index contributed by atoms with van der Waals surface area (Å²) < 4.78 is 33.6. The van der Waals surface area contributed by atoms with Crippen molar-refractivity contribution in [3.8, 4) is 0 Å². The molecular weight excluding hydrogens is 252 g/mol. The van der Waals surface area contributed by atoms with Crippen molar-refractivity contribution in [1.82, 2.24) is 0 Å². The summed E-state index contributed by atoms with van der Waals surface area (Å²) in [5, 5.41) is 7.22. The van der Waals surface area contributed by atoms with E-state index in [1.165, 1.54) is 0 Å². The van der Waals surface area contributed by atoms with Crippen molar-refractivity contribution in [3.05, 3.63) is 29.3 Å².